The number of carboxylic acids is 2. The lowest BCUT2D eigenvalue weighted by atomic mass is 9.94. The molecule has 0 aromatic heterocycles. The zero-order chi connectivity index (χ0) is 46.3. The van der Waals surface area contributed by atoms with E-state index < -0.39 is 116 Å². The highest BCUT2D eigenvalue weighted by molar-refractivity contribution is 8.02. The van der Waals surface area contributed by atoms with Crippen LogP contribution in [0.15, 0.2) is 60.7 Å². The molecule has 2 unspecified atom stereocenters. The number of benzene rings is 2. The molecule has 8 atom stereocenters. The molecule has 20 nitrogen and oxygen atoms in total. The molecule has 23 heteroatoms. The number of thioether (sulfide) groups is 3. The average molecular weight is 927 g/mol. The van der Waals surface area contributed by atoms with Crippen LogP contribution in [0.2, 0.25) is 0 Å². The summed E-state index contributed by atoms with van der Waals surface area (Å²) < 4.78 is -1.99. The molecule has 0 spiro atoms. The van der Waals surface area contributed by atoms with Gasteiger partial charge in [-0.1, -0.05) is 60.7 Å². The van der Waals surface area contributed by atoms with Gasteiger partial charge in [0.1, 0.15) is 47.0 Å². The van der Waals surface area contributed by atoms with Crippen molar-refractivity contribution in [2.45, 2.75) is 97.0 Å². The summed E-state index contributed by atoms with van der Waals surface area (Å²) >= 11 is 3.30. The van der Waals surface area contributed by atoms with E-state index in [0.717, 1.165) is 54.9 Å². The zero-order valence-electron chi connectivity index (χ0n) is 34.4. The number of carbonyl (C=O) groups excluding carboxylic acids is 8. The van der Waals surface area contributed by atoms with Crippen molar-refractivity contribution in [2.24, 2.45) is 11.5 Å². The number of carboxylic acid groups (broad SMARTS) is 2. The van der Waals surface area contributed by atoms with Gasteiger partial charge in [-0.05, 0) is 38.8 Å². The molecule has 4 aliphatic rings. The van der Waals surface area contributed by atoms with E-state index in [1.807, 2.05) is 0 Å². The summed E-state index contributed by atoms with van der Waals surface area (Å²) in [5.41, 5.74) is 11.4. The number of imide groups is 2. The van der Waals surface area contributed by atoms with Gasteiger partial charge in [0, 0.05) is 33.8 Å². The minimum absolute atomic E-state index is 0.0340. The number of carbonyl (C=O) groups is 10. The van der Waals surface area contributed by atoms with E-state index >= 15 is 0 Å². The molecule has 63 heavy (non-hydrogen) atoms. The number of nitrogens with zero attached hydrogens (tertiary/aromatic N) is 4. The summed E-state index contributed by atoms with van der Waals surface area (Å²) in [6, 6.07) is 5.24. The molecule has 0 bridgehead atoms. The summed E-state index contributed by atoms with van der Waals surface area (Å²) in [4.78, 5) is 137. The van der Waals surface area contributed by atoms with E-state index in [-0.39, 0.29) is 35.5 Å². The fraction of sp³-hybridized carbons (Fsp3) is 0.450. The summed E-state index contributed by atoms with van der Waals surface area (Å²) in [6.45, 7) is 6.53. The Morgan fingerprint density at radius 3 is 1.29 bits per heavy atom. The first-order valence-electron chi connectivity index (χ1n) is 19.6. The third-order valence-electron chi connectivity index (χ3n) is 11.1. The van der Waals surface area contributed by atoms with Crippen LogP contribution in [0.25, 0.3) is 0 Å². The standard InChI is InChI=1S/C40H46N8O12S3/c1-39(2)27(35(55)56)47-31(53)25(33(47)62-39)45(29(51)23(43-37(41)59)19-11-7-5-8-12-19)21(49)15-17-61-18-16-22(50)46(30(52)24(44-38(42)60)20-13-9-6-10-14-20)26-32(54)48-28(36(57)58)40(3,4)63-34(26)48/h5-14,23-28,33-34H,15-18H2,1-4H3,(H,55,56)(H,57,58)(H3,41,43,59)(H3,42,44,60)/t23?,24?,25-,26-,27+,28+,33-,34-/m1/s1. The Morgan fingerprint density at radius 1 is 0.651 bits per heavy atom. The highest BCUT2D eigenvalue weighted by Crippen LogP contribution is 2.53. The lowest BCUT2D eigenvalue weighted by Gasteiger charge is -2.48. The van der Waals surface area contributed by atoms with E-state index in [1.165, 1.54) is 24.3 Å². The third kappa shape index (κ3) is 8.90. The molecule has 10 amide bonds. The van der Waals surface area contributed by atoms with Crippen LogP contribution in [0.5, 0.6) is 0 Å². The molecular formula is C40H46N8O12S3. The number of nitrogens with one attached hydrogen (secondary N) is 2. The first kappa shape index (κ1) is 46.7. The predicted octanol–water partition coefficient (Wildman–Crippen LogP) is 1.06. The maximum atomic E-state index is 14.4. The van der Waals surface area contributed by atoms with Crippen molar-refractivity contribution in [1.82, 2.24) is 30.2 Å². The van der Waals surface area contributed by atoms with Gasteiger partial charge in [0.15, 0.2) is 0 Å². The van der Waals surface area contributed by atoms with Crippen molar-refractivity contribution in [3.05, 3.63) is 71.8 Å². The number of hydrogen-bond acceptors (Lipinski definition) is 13. The van der Waals surface area contributed by atoms with E-state index in [9.17, 15) is 58.2 Å². The lowest BCUT2D eigenvalue weighted by molar-refractivity contribution is -0.172. The lowest BCUT2D eigenvalue weighted by Crippen LogP contribution is -2.72. The average Bonchev–Trinajstić information content (AvgIpc) is 3.63. The number of aliphatic carboxylic acids is 2. The second-order valence-electron chi connectivity index (χ2n) is 16.1. The van der Waals surface area contributed by atoms with Gasteiger partial charge < -0.3 is 42.1 Å². The molecular weight excluding hydrogens is 881 g/mol. The molecule has 0 radical (unpaired) electrons. The second-order valence-corrected chi connectivity index (χ2v) is 20.9. The van der Waals surface area contributed by atoms with Gasteiger partial charge >= 0.3 is 24.0 Å². The van der Waals surface area contributed by atoms with Crippen LogP contribution in [0.4, 0.5) is 9.59 Å². The number of hydrogen-bond donors (Lipinski definition) is 6. The minimum Gasteiger partial charge on any atom is -0.480 e. The van der Waals surface area contributed by atoms with Gasteiger partial charge in [-0.15, -0.1) is 23.5 Å². The Bertz CT molecular complexity index is 2080. The Kier molecular flexibility index (Phi) is 13.4. The molecule has 2 aromatic rings. The molecule has 0 aliphatic carbocycles. The van der Waals surface area contributed by atoms with Gasteiger partial charge in [-0.25, -0.2) is 19.2 Å². The number of nitrogens with two attached hydrogens (primary N) is 2. The monoisotopic (exact) mass is 926 g/mol. The normalized spacial score (nSPS) is 24.6. The van der Waals surface area contributed by atoms with Crippen molar-refractivity contribution in [3.8, 4) is 0 Å². The molecule has 4 aliphatic heterocycles. The minimum atomic E-state index is -1.50. The van der Waals surface area contributed by atoms with E-state index in [1.54, 1.807) is 64.1 Å². The van der Waals surface area contributed by atoms with Crippen LogP contribution < -0.4 is 22.1 Å². The van der Waals surface area contributed by atoms with Crippen molar-refractivity contribution < 1.29 is 58.2 Å². The molecule has 0 saturated carbocycles. The maximum Gasteiger partial charge on any atom is 0.327 e. The Labute approximate surface area is 373 Å². The van der Waals surface area contributed by atoms with Crippen LogP contribution in [0.3, 0.4) is 0 Å². The highest BCUT2D eigenvalue weighted by Gasteiger charge is 2.68. The molecule has 4 saturated heterocycles. The van der Waals surface area contributed by atoms with Crippen LogP contribution in [0.1, 0.15) is 63.7 Å². The van der Waals surface area contributed by atoms with Crippen LogP contribution in [0, 0.1) is 0 Å². The topological polar surface area (TPSA) is 300 Å². The summed E-state index contributed by atoms with van der Waals surface area (Å²) in [5.74, 6) is -7.78. The smallest absolute Gasteiger partial charge is 0.327 e. The fourth-order valence-corrected chi connectivity index (χ4v) is 12.6. The number of amides is 10. The van der Waals surface area contributed by atoms with Crippen molar-refractivity contribution >= 4 is 94.7 Å². The number of β-lactam (4-membered cyclic amide) rings is 2. The van der Waals surface area contributed by atoms with Crippen molar-refractivity contribution in [3.63, 3.8) is 0 Å². The molecule has 4 heterocycles. The molecule has 336 valence electrons. The second kappa shape index (κ2) is 18.1. The van der Waals surface area contributed by atoms with Gasteiger partial charge in [-0.3, -0.25) is 38.6 Å². The van der Waals surface area contributed by atoms with Gasteiger partial charge in [-0.2, -0.15) is 11.8 Å². The molecule has 4 fully saturated rings. The summed E-state index contributed by atoms with van der Waals surface area (Å²) in [6.07, 6.45) is -0.755. The van der Waals surface area contributed by atoms with Gasteiger partial charge in [0.05, 0.1) is 0 Å². The summed E-state index contributed by atoms with van der Waals surface area (Å²) in [7, 11) is 0. The maximum absolute atomic E-state index is 14.4. The predicted molar refractivity (Wildman–Crippen MR) is 229 cm³/mol. The number of primary amides is 2. The van der Waals surface area contributed by atoms with Crippen molar-refractivity contribution in [2.75, 3.05) is 11.5 Å². The molecule has 8 N–H and O–H groups in total. The number of urea groups is 2. The molecule has 6 rings (SSSR count). The SMILES string of the molecule is CC1(C)S[C@@H]2[C@H](N(C(=O)CCSCCC(=O)N(C(=O)C(NC(N)=O)c3ccccc3)[C@@H]3C(=O)N4[C@@H]3SC(C)(C)[C@@H]4C(=O)O)C(=O)C(NC(N)=O)c3ccccc3)C(=O)N2[C@H]1C(=O)O. The van der Waals surface area contributed by atoms with Gasteiger partial charge in [0.25, 0.3) is 23.6 Å². The third-order valence-corrected chi connectivity index (χ3v) is 15.2. The van der Waals surface area contributed by atoms with E-state index in [2.05, 4.69) is 10.6 Å². The van der Waals surface area contributed by atoms with E-state index in [0.29, 0.717) is 0 Å². The number of fused-ring (bicyclic) bond motifs is 2. The van der Waals surface area contributed by atoms with Crippen LogP contribution in [-0.2, 0) is 38.4 Å². The zero-order valence-corrected chi connectivity index (χ0v) is 36.8. The summed E-state index contributed by atoms with van der Waals surface area (Å²) in [5, 5.41) is 22.8. The quantitative estimate of drug-likeness (QED) is 0.101. The van der Waals surface area contributed by atoms with Crippen molar-refractivity contribution in [1.29, 1.82) is 0 Å². The fourth-order valence-electron chi connectivity index (χ4n) is 8.38. The first-order chi connectivity index (χ1) is 29.6. The van der Waals surface area contributed by atoms with E-state index in [4.69, 9.17) is 11.5 Å². The highest BCUT2D eigenvalue weighted by atomic mass is 32.2. The number of rotatable bonds is 16. The Balaban J connectivity index is 1.21. The van der Waals surface area contributed by atoms with Gasteiger partial charge in [0.2, 0.25) is 11.8 Å². The molecule has 2 aromatic carbocycles. The Hall–Kier alpha value is -5.81. The van der Waals surface area contributed by atoms with Crippen LogP contribution in [-0.4, -0.2) is 145 Å². The Morgan fingerprint density at radius 2 is 0.984 bits per heavy atom. The van der Waals surface area contributed by atoms with Crippen LogP contribution >= 0.6 is 35.3 Å². The largest absolute Gasteiger partial charge is 0.480 e. The first-order valence-corrected chi connectivity index (χ1v) is 22.5.